The fourth-order valence-corrected chi connectivity index (χ4v) is 2.99. The summed E-state index contributed by atoms with van der Waals surface area (Å²) in [5, 5.41) is 2.93. The van der Waals surface area contributed by atoms with Gasteiger partial charge in [0.1, 0.15) is 11.6 Å². The number of amides is 1. The van der Waals surface area contributed by atoms with Crippen molar-refractivity contribution in [2.45, 2.75) is 13.1 Å². The van der Waals surface area contributed by atoms with Crippen LogP contribution in [0.15, 0.2) is 42.5 Å². The van der Waals surface area contributed by atoms with Gasteiger partial charge in [0.25, 0.3) is 5.91 Å². The summed E-state index contributed by atoms with van der Waals surface area (Å²) in [6.45, 7) is 4.62. The Morgan fingerprint density at radius 2 is 1.85 bits per heavy atom. The molecule has 144 valence electrons. The van der Waals surface area contributed by atoms with Crippen molar-refractivity contribution >= 4 is 17.5 Å². The van der Waals surface area contributed by atoms with Gasteiger partial charge in [-0.15, -0.1) is 0 Å². The fourth-order valence-electron chi connectivity index (χ4n) is 2.77. The van der Waals surface area contributed by atoms with E-state index in [1.54, 1.807) is 0 Å². The molecular weight excluding hydrogens is 371 g/mol. The van der Waals surface area contributed by atoms with Crippen LogP contribution in [-0.4, -0.2) is 43.7 Å². The van der Waals surface area contributed by atoms with Crippen molar-refractivity contribution in [1.29, 1.82) is 0 Å². The number of carbonyl (C=O) groups is 1. The van der Waals surface area contributed by atoms with Gasteiger partial charge >= 0.3 is 0 Å². The maximum Gasteiger partial charge on any atom is 0.258 e. The number of nitrogens with one attached hydrogen (secondary N) is 1. The average Bonchev–Trinajstić information content (AvgIpc) is 2.67. The molecular formula is C20H22ClFN2O3. The van der Waals surface area contributed by atoms with Gasteiger partial charge in [-0.25, -0.2) is 4.39 Å². The monoisotopic (exact) mass is 392 g/mol. The smallest absolute Gasteiger partial charge is 0.258 e. The molecule has 1 N–H and O–H groups in total. The van der Waals surface area contributed by atoms with E-state index in [-0.39, 0.29) is 23.3 Å². The molecule has 1 saturated heterocycles. The van der Waals surface area contributed by atoms with Crippen molar-refractivity contribution in [2.75, 3.05) is 32.9 Å². The molecule has 0 bridgehead atoms. The second-order valence-corrected chi connectivity index (χ2v) is 6.75. The first-order valence-corrected chi connectivity index (χ1v) is 9.20. The minimum Gasteiger partial charge on any atom is -0.482 e. The summed E-state index contributed by atoms with van der Waals surface area (Å²) in [4.78, 5) is 14.3. The molecule has 0 saturated carbocycles. The minimum absolute atomic E-state index is 0.138. The number of morpholine rings is 1. The molecule has 1 aliphatic rings. The summed E-state index contributed by atoms with van der Waals surface area (Å²) in [7, 11) is 0. The topological polar surface area (TPSA) is 50.8 Å². The standard InChI is InChI=1S/C20H22ClFN2O3/c21-18-11-17(22)5-6-19(18)27-14-20(25)23-12-15-1-3-16(4-2-15)13-24-7-9-26-10-8-24/h1-6,11H,7-10,12-14H2,(H,23,25). The zero-order valence-electron chi connectivity index (χ0n) is 14.9. The molecule has 2 aromatic rings. The Morgan fingerprint density at radius 3 is 2.56 bits per heavy atom. The van der Waals surface area contributed by atoms with Gasteiger partial charge in [-0.3, -0.25) is 9.69 Å². The molecule has 2 aromatic carbocycles. The summed E-state index contributed by atoms with van der Waals surface area (Å²) in [5.74, 6) is -0.442. The first kappa shape index (κ1) is 19.6. The van der Waals surface area contributed by atoms with Crippen molar-refractivity contribution < 1.29 is 18.7 Å². The molecule has 0 aromatic heterocycles. The zero-order valence-corrected chi connectivity index (χ0v) is 15.7. The highest BCUT2D eigenvalue weighted by molar-refractivity contribution is 6.32. The number of rotatable bonds is 7. The van der Waals surface area contributed by atoms with Crippen LogP contribution in [0.4, 0.5) is 4.39 Å². The maximum absolute atomic E-state index is 13.0. The Kier molecular flexibility index (Phi) is 7.04. The highest BCUT2D eigenvalue weighted by atomic mass is 35.5. The van der Waals surface area contributed by atoms with E-state index in [9.17, 15) is 9.18 Å². The molecule has 1 aliphatic heterocycles. The molecule has 1 fully saturated rings. The molecule has 27 heavy (non-hydrogen) atoms. The van der Waals surface area contributed by atoms with Crippen molar-refractivity contribution in [3.63, 3.8) is 0 Å². The second kappa shape index (κ2) is 9.69. The van der Waals surface area contributed by atoms with Gasteiger partial charge in [0, 0.05) is 26.2 Å². The minimum atomic E-state index is -0.450. The van der Waals surface area contributed by atoms with E-state index in [4.69, 9.17) is 21.1 Å². The van der Waals surface area contributed by atoms with Gasteiger partial charge in [0.05, 0.1) is 18.2 Å². The van der Waals surface area contributed by atoms with Gasteiger partial charge in [0.15, 0.2) is 6.61 Å². The molecule has 1 amide bonds. The van der Waals surface area contributed by atoms with Crippen LogP contribution in [0.2, 0.25) is 5.02 Å². The Labute approximate surface area is 163 Å². The second-order valence-electron chi connectivity index (χ2n) is 6.35. The van der Waals surface area contributed by atoms with Gasteiger partial charge in [-0.2, -0.15) is 0 Å². The Hall–Kier alpha value is -2.15. The predicted octanol–water partition coefficient (Wildman–Crippen LogP) is 3.01. The van der Waals surface area contributed by atoms with Crippen LogP contribution in [0.1, 0.15) is 11.1 Å². The summed E-state index contributed by atoms with van der Waals surface area (Å²) in [6, 6.07) is 11.9. The van der Waals surface area contributed by atoms with Crippen LogP contribution in [0.3, 0.4) is 0 Å². The van der Waals surface area contributed by atoms with E-state index >= 15 is 0 Å². The van der Waals surface area contributed by atoms with E-state index < -0.39 is 5.82 Å². The highest BCUT2D eigenvalue weighted by Crippen LogP contribution is 2.24. The van der Waals surface area contributed by atoms with Crippen molar-refractivity contribution in [3.05, 3.63) is 64.4 Å². The number of halogens is 2. The first-order valence-electron chi connectivity index (χ1n) is 8.82. The van der Waals surface area contributed by atoms with Crippen LogP contribution >= 0.6 is 11.6 Å². The number of carbonyl (C=O) groups excluding carboxylic acids is 1. The van der Waals surface area contributed by atoms with Crippen LogP contribution in [-0.2, 0) is 22.6 Å². The van der Waals surface area contributed by atoms with E-state index in [0.29, 0.717) is 6.54 Å². The highest BCUT2D eigenvalue weighted by Gasteiger charge is 2.11. The van der Waals surface area contributed by atoms with Crippen molar-refractivity contribution in [1.82, 2.24) is 10.2 Å². The van der Waals surface area contributed by atoms with Crippen LogP contribution in [0, 0.1) is 5.82 Å². The lowest BCUT2D eigenvalue weighted by Gasteiger charge is -2.26. The van der Waals surface area contributed by atoms with Gasteiger partial charge < -0.3 is 14.8 Å². The quantitative estimate of drug-likeness (QED) is 0.787. The lowest BCUT2D eigenvalue weighted by molar-refractivity contribution is -0.123. The third kappa shape index (κ3) is 6.20. The molecule has 7 heteroatoms. The SMILES string of the molecule is O=C(COc1ccc(F)cc1Cl)NCc1ccc(CN2CCOCC2)cc1. The van der Waals surface area contributed by atoms with E-state index in [1.165, 1.54) is 17.7 Å². The summed E-state index contributed by atoms with van der Waals surface area (Å²) in [6.07, 6.45) is 0. The van der Waals surface area contributed by atoms with Gasteiger partial charge in [-0.1, -0.05) is 35.9 Å². The van der Waals surface area contributed by atoms with Gasteiger partial charge in [-0.05, 0) is 29.3 Å². The van der Waals surface area contributed by atoms with Gasteiger partial charge in [0.2, 0.25) is 0 Å². The van der Waals surface area contributed by atoms with Crippen LogP contribution in [0.25, 0.3) is 0 Å². The molecule has 3 rings (SSSR count). The van der Waals surface area contributed by atoms with Crippen molar-refractivity contribution in [2.24, 2.45) is 0 Å². The molecule has 5 nitrogen and oxygen atoms in total. The molecule has 0 atom stereocenters. The number of nitrogens with zero attached hydrogens (tertiary/aromatic N) is 1. The number of hydrogen-bond acceptors (Lipinski definition) is 4. The Morgan fingerprint density at radius 1 is 1.15 bits per heavy atom. The Balaban J connectivity index is 1.41. The predicted molar refractivity (Wildman–Crippen MR) is 101 cm³/mol. The first-order chi connectivity index (χ1) is 13.1. The molecule has 0 aliphatic carbocycles. The van der Waals surface area contributed by atoms with Crippen LogP contribution in [0.5, 0.6) is 5.75 Å². The number of hydrogen-bond donors (Lipinski definition) is 1. The number of benzene rings is 2. The van der Waals surface area contributed by atoms with E-state index in [1.807, 2.05) is 12.1 Å². The normalized spacial score (nSPS) is 14.7. The summed E-state index contributed by atoms with van der Waals surface area (Å²) < 4.78 is 23.7. The van der Waals surface area contributed by atoms with E-state index in [0.717, 1.165) is 44.5 Å². The lowest BCUT2D eigenvalue weighted by atomic mass is 10.1. The fraction of sp³-hybridized carbons (Fsp3) is 0.350. The van der Waals surface area contributed by atoms with Crippen LogP contribution < -0.4 is 10.1 Å². The molecule has 1 heterocycles. The summed E-state index contributed by atoms with van der Waals surface area (Å²) >= 11 is 5.86. The zero-order chi connectivity index (χ0) is 19.1. The van der Waals surface area contributed by atoms with Crippen molar-refractivity contribution in [3.8, 4) is 5.75 Å². The molecule has 0 radical (unpaired) electrons. The maximum atomic E-state index is 13.0. The average molecular weight is 393 g/mol. The summed E-state index contributed by atoms with van der Waals surface area (Å²) in [5.41, 5.74) is 2.25. The third-order valence-corrected chi connectivity index (χ3v) is 4.57. The lowest BCUT2D eigenvalue weighted by Crippen LogP contribution is -2.35. The number of ether oxygens (including phenoxy) is 2. The largest absolute Gasteiger partial charge is 0.482 e. The molecule has 0 unspecified atom stereocenters. The molecule has 0 spiro atoms. The van der Waals surface area contributed by atoms with E-state index in [2.05, 4.69) is 22.3 Å². The Bertz CT molecular complexity index is 764. The third-order valence-electron chi connectivity index (χ3n) is 4.28.